The van der Waals surface area contributed by atoms with Crippen molar-refractivity contribution in [1.29, 1.82) is 0 Å². The zero-order valence-electron chi connectivity index (χ0n) is 18.9. The number of esters is 1. The molecular weight excluding hydrogens is 426 g/mol. The van der Waals surface area contributed by atoms with Crippen molar-refractivity contribution >= 4 is 11.8 Å². The number of carbonyl (C=O) groups is 1. The molecule has 1 fully saturated rings. The van der Waals surface area contributed by atoms with Crippen molar-refractivity contribution in [3.8, 4) is 28.6 Å². The van der Waals surface area contributed by atoms with Crippen LogP contribution in [0.5, 0.6) is 11.5 Å². The molecular formula is C23H27N5O5. The summed E-state index contributed by atoms with van der Waals surface area (Å²) in [5, 5.41) is 29.1. The first kappa shape index (κ1) is 22.5. The number of morpholine rings is 1. The van der Waals surface area contributed by atoms with Crippen LogP contribution in [0.15, 0.2) is 30.5 Å². The summed E-state index contributed by atoms with van der Waals surface area (Å²) in [6, 6.07) is 6.59. The first-order valence-electron chi connectivity index (χ1n) is 10.9. The predicted octanol–water partition coefficient (Wildman–Crippen LogP) is 2.88. The SMILES string of the molecule is CCOC(=O)c1nnc(-c2cc(C(C)C)c(O)cc2O)n1-c1ccc(N2CCOCC2)nc1. The lowest BCUT2D eigenvalue weighted by Crippen LogP contribution is -2.36. The maximum absolute atomic E-state index is 12.6. The number of ether oxygens (including phenoxy) is 2. The molecule has 1 aliphatic heterocycles. The molecule has 0 saturated carbocycles. The number of carbonyl (C=O) groups excluding carboxylic acids is 1. The van der Waals surface area contributed by atoms with Gasteiger partial charge < -0.3 is 24.6 Å². The summed E-state index contributed by atoms with van der Waals surface area (Å²) in [5.41, 5.74) is 1.50. The first-order valence-corrected chi connectivity index (χ1v) is 10.9. The van der Waals surface area contributed by atoms with Crippen molar-refractivity contribution in [1.82, 2.24) is 19.7 Å². The summed E-state index contributed by atoms with van der Waals surface area (Å²) in [4.78, 5) is 19.3. The lowest BCUT2D eigenvalue weighted by atomic mass is 9.98. The highest BCUT2D eigenvalue weighted by Gasteiger charge is 2.25. The van der Waals surface area contributed by atoms with Gasteiger partial charge in [0.1, 0.15) is 17.3 Å². The standard InChI is InChI=1S/C23H27N5O5/c1-4-33-23(31)22-26-25-21(17-11-16(14(2)3)18(29)12-19(17)30)28(22)15-5-6-20(24-13-15)27-7-9-32-10-8-27/h5-6,11-14,29-30H,4,7-10H2,1-3H3. The molecule has 0 amide bonds. The van der Waals surface area contributed by atoms with E-state index in [1.54, 1.807) is 19.2 Å². The van der Waals surface area contributed by atoms with Crippen molar-refractivity contribution in [3.63, 3.8) is 0 Å². The van der Waals surface area contributed by atoms with E-state index in [4.69, 9.17) is 9.47 Å². The third-order valence-corrected chi connectivity index (χ3v) is 5.45. The summed E-state index contributed by atoms with van der Waals surface area (Å²) < 4.78 is 12.1. The van der Waals surface area contributed by atoms with E-state index < -0.39 is 5.97 Å². The largest absolute Gasteiger partial charge is 0.508 e. The van der Waals surface area contributed by atoms with E-state index in [1.165, 1.54) is 10.6 Å². The van der Waals surface area contributed by atoms with Gasteiger partial charge in [0.05, 0.1) is 37.3 Å². The van der Waals surface area contributed by atoms with E-state index in [-0.39, 0.29) is 35.7 Å². The minimum Gasteiger partial charge on any atom is -0.508 e. The number of aromatic hydroxyl groups is 2. The molecule has 4 rings (SSSR count). The molecule has 1 aliphatic rings. The maximum Gasteiger partial charge on any atom is 0.376 e. The summed E-state index contributed by atoms with van der Waals surface area (Å²) in [6.45, 7) is 8.53. The molecule has 10 heteroatoms. The number of pyridine rings is 1. The number of nitrogens with zero attached hydrogens (tertiary/aromatic N) is 5. The highest BCUT2D eigenvalue weighted by Crippen LogP contribution is 2.38. The lowest BCUT2D eigenvalue weighted by Gasteiger charge is -2.27. The highest BCUT2D eigenvalue weighted by molar-refractivity contribution is 5.87. The number of phenols is 2. The van der Waals surface area contributed by atoms with Crippen LogP contribution >= 0.6 is 0 Å². The Morgan fingerprint density at radius 3 is 2.55 bits per heavy atom. The van der Waals surface area contributed by atoms with E-state index >= 15 is 0 Å². The van der Waals surface area contributed by atoms with Crippen LogP contribution in [0.3, 0.4) is 0 Å². The third kappa shape index (κ3) is 4.47. The topological polar surface area (TPSA) is 123 Å². The second-order valence-electron chi connectivity index (χ2n) is 7.96. The Hall–Kier alpha value is -3.66. The molecule has 2 aromatic heterocycles. The van der Waals surface area contributed by atoms with Crippen LogP contribution in [0.25, 0.3) is 17.1 Å². The number of aromatic nitrogens is 4. The van der Waals surface area contributed by atoms with Gasteiger partial charge in [0.25, 0.3) is 0 Å². The van der Waals surface area contributed by atoms with E-state index in [0.717, 1.165) is 18.9 Å². The second-order valence-corrected chi connectivity index (χ2v) is 7.96. The Morgan fingerprint density at radius 2 is 1.91 bits per heavy atom. The Morgan fingerprint density at radius 1 is 1.15 bits per heavy atom. The maximum atomic E-state index is 12.6. The minimum absolute atomic E-state index is 0.000258. The normalized spacial score (nSPS) is 14.0. The van der Waals surface area contributed by atoms with Crippen molar-refractivity contribution < 1.29 is 24.5 Å². The van der Waals surface area contributed by atoms with Gasteiger partial charge in [0, 0.05) is 19.2 Å². The fourth-order valence-electron chi connectivity index (χ4n) is 3.76. The van der Waals surface area contributed by atoms with Crippen molar-refractivity contribution in [2.45, 2.75) is 26.7 Å². The van der Waals surface area contributed by atoms with Crippen LogP contribution < -0.4 is 4.90 Å². The quantitative estimate of drug-likeness (QED) is 0.542. The van der Waals surface area contributed by atoms with Gasteiger partial charge in [-0.25, -0.2) is 9.78 Å². The molecule has 0 bridgehead atoms. The Kier molecular flexibility index (Phi) is 6.45. The monoisotopic (exact) mass is 453 g/mol. The lowest BCUT2D eigenvalue weighted by molar-refractivity contribution is 0.0509. The molecule has 10 nitrogen and oxygen atoms in total. The molecule has 0 radical (unpaired) electrons. The van der Waals surface area contributed by atoms with E-state index in [2.05, 4.69) is 20.1 Å². The van der Waals surface area contributed by atoms with Crippen LogP contribution in [0.1, 0.15) is 42.9 Å². The first-order chi connectivity index (χ1) is 15.9. The van der Waals surface area contributed by atoms with Gasteiger partial charge in [-0.3, -0.25) is 4.57 Å². The van der Waals surface area contributed by atoms with Crippen LogP contribution in [0.2, 0.25) is 0 Å². The van der Waals surface area contributed by atoms with Gasteiger partial charge in [-0.1, -0.05) is 13.8 Å². The van der Waals surface area contributed by atoms with Crippen LogP contribution in [-0.4, -0.2) is 68.8 Å². The van der Waals surface area contributed by atoms with E-state index in [9.17, 15) is 15.0 Å². The number of benzene rings is 1. The van der Waals surface area contributed by atoms with Crippen LogP contribution in [0.4, 0.5) is 5.82 Å². The fourth-order valence-corrected chi connectivity index (χ4v) is 3.76. The van der Waals surface area contributed by atoms with Crippen molar-refractivity contribution in [2.24, 2.45) is 0 Å². The Labute approximate surface area is 191 Å². The summed E-state index contributed by atoms with van der Waals surface area (Å²) in [5.74, 6) is 0.155. The van der Waals surface area contributed by atoms with Crippen LogP contribution in [0, 0.1) is 0 Å². The molecule has 2 N–H and O–H groups in total. The average Bonchev–Trinajstić information content (AvgIpc) is 3.25. The molecule has 3 heterocycles. The van der Waals surface area contributed by atoms with Gasteiger partial charge in [-0.05, 0) is 36.6 Å². The molecule has 1 aromatic carbocycles. The fraction of sp³-hybridized carbons (Fsp3) is 0.391. The van der Waals surface area contributed by atoms with Gasteiger partial charge in [0.15, 0.2) is 5.82 Å². The molecule has 0 unspecified atom stereocenters. The number of phenolic OH excluding ortho intramolecular Hbond substituents is 2. The van der Waals surface area contributed by atoms with Gasteiger partial charge in [-0.15, -0.1) is 10.2 Å². The smallest absolute Gasteiger partial charge is 0.376 e. The number of hydrogen-bond acceptors (Lipinski definition) is 9. The predicted molar refractivity (Wildman–Crippen MR) is 121 cm³/mol. The molecule has 33 heavy (non-hydrogen) atoms. The summed E-state index contributed by atoms with van der Waals surface area (Å²) >= 11 is 0. The molecule has 3 aromatic rings. The molecule has 0 spiro atoms. The van der Waals surface area contributed by atoms with Gasteiger partial charge in [0.2, 0.25) is 5.82 Å². The number of anilines is 1. The second kappa shape index (κ2) is 9.45. The Balaban J connectivity index is 1.82. The average molecular weight is 453 g/mol. The van der Waals surface area contributed by atoms with Gasteiger partial charge >= 0.3 is 5.97 Å². The number of rotatable bonds is 6. The van der Waals surface area contributed by atoms with E-state index in [0.29, 0.717) is 30.0 Å². The third-order valence-electron chi connectivity index (χ3n) is 5.45. The van der Waals surface area contributed by atoms with Crippen LogP contribution in [-0.2, 0) is 9.47 Å². The zero-order valence-corrected chi connectivity index (χ0v) is 18.9. The highest BCUT2D eigenvalue weighted by atomic mass is 16.5. The number of hydrogen-bond donors (Lipinski definition) is 2. The molecule has 1 saturated heterocycles. The van der Waals surface area contributed by atoms with Crippen molar-refractivity contribution in [3.05, 3.63) is 41.9 Å². The van der Waals surface area contributed by atoms with E-state index in [1.807, 2.05) is 26.0 Å². The summed E-state index contributed by atoms with van der Waals surface area (Å²) in [6.07, 6.45) is 1.63. The molecule has 174 valence electrons. The molecule has 0 atom stereocenters. The Bertz CT molecular complexity index is 1140. The van der Waals surface area contributed by atoms with Gasteiger partial charge in [-0.2, -0.15) is 0 Å². The zero-order chi connectivity index (χ0) is 23.5. The minimum atomic E-state index is -0.643. The summed E-state index contributed by atoms with van der Waals surface area (Å²) in [7, 11) is 0. The molecule has 0 aliphatic carbocycles. The van der Waals surface area contributed by atoms with Crippen molar-refractivity contribution in [2.75, 3.05) is 37.8 Å².